The van der Waals surface area contributed by atoms with Crippen molar-refractivity contribution in [3.8, 4) is 0 Å². The Morgan fingerprint density at radius 2 is 2.08 bits per heavy atom. The number of aromatic nitrogens is 3. The molecule has 0 radical (unpaired) electrons. The van der Waals surface area contributed by atoms with Crippen molar-refractivity contribution >= 4 is 11.9 Å². The van der Waals surface area contributed by atoms with E-state index in [0.717, 1.165) is 0 Å². The molecule has 1 heterocycles. The van der Waals surface area contributed by atoms with Crippen LogP contribution in [0.5, 0.6) is 0 Å². The molecule has 2 aromatic rings. The smallest absolute Gasteiger partial charge is 0.326 e. The predicted molar refractivity (Wildman–Crippen MR) is 93.1 cm³/mol. The molecule has 8 heteroatoms. The Morgan fingerprint density at radius 3 is 2.69 bits per heavy atom. The van der Waals surface area contributed by atoms with Gasteiger partial charge in [-0.15, -0.1) is 5.10 Å². The van der Waals surface area contributed by atoms with Crippen LogP contribution in [0.2, 0.25) is 0 Å². The highest BCUT2D eigenvalue weighted by atomic mass is 19.1. The number of carbonyl (C=O) groups is 2. The van der Waals surface area contributed by atoms with Gasteiger partial charge in [0.05, 0.1) is 12.7 Å². The van der Waals surface area contributed by atoms with Gasteiger partial charge in [0.1, 0.15) is 11.9 Å². The van der Waals surface area contributed by atoms with Crippen LogP contribution in [0.4, 0.5) is 4.39 Å². The maximum Gasteiger partial charge on any atom is 0.326 e. The number of hydrogen-bond donors (Lipinski definition) is 2. The average molecular weight is 362 g/mol. The second kappa shape index (κ2) is 8.07. The molecule has 1 unspecified atom stereocenters. The second-order valence-corrected chi connectivity index (χ2v) is 7.39. The summed E-state index contributed by atoms with van der Waals surface area (Å²) in [4.78, 5) is 23.6. The molecule has 0 saturated heterocycles. The van der Waals surface area contributed by atoms with Gasteiger partial charge in [0.25, 0.3) is 5.91 Å². The zero-order valence-electron chi connectivity index (χ0n) is 15.1. The molecular formula is C18H23FN4O3. The number of hydrogen-bond acceptors (Lipinski definition) is 4. The number of aliphatic carboxylic acids is 1. The van der Waals surface area contributed by atoms with Gasteiger partial charge in [0.15, 0.2) is 5.69 Å². The van der Waals surface area contributed by atoms with E-state index in [9.17, 15) is 19.1 Å². The number of rotatable bonds is 7. The number of carbonyl (C=O) groups excluding carboxylic acids is 1. The van der Waals surface area contributed by atoms with Crippen molar-refractivity contribution in [1.29, 1.82) is 0 Å². The van der Waals surface area contributed by atoms with Crippen molar-refractivity contribution in [1.82, 2.24) is 20.3 Å². The lowest BCUT2D eigenvalue weighted by molar-refractivity contribution is -0.139. The number of carboxylic acids is 1. The molecule has 0 fully saturated rings. The topological polar surface area (TPSA) is 97.1 Å². The number of halogens is 1. The third kappa shape index (κ3) is 5.94. The van der Waals surface area contributed by atoms with Crippen molar-refractivity contribution < 1.29 is 19.1 Å². The molecule has 0 aliphatic rings. The van der Waals surface area contributed by atoms with Crippen LogP contribution in [-0.2, 0) is 11.3 Å². The molecule has 0 spiro atoms. The molecule has 7 nitrogen and oxygen atoms in total. The SMILES string of the molecule is CC(C)(C)CCC(NC(=O)c1cn(Cc2cccc(F)c2)nn1)C(=O)O. The summed E-state index contributed by atoms with van der Waals surface area (Å²) in [6.07, 6.45) is 2.38. The van der Waals surface area contributed by atoms with Gasteiger partial charge in [-0.25, -0.2) is 13.9 Å². The lowest BCUT2D eigenvalue weighted by Crippen LogP contribution is -2.41. The van der Waals surface area contributed by atoms with E-state index in [4.69, 9.17) is 0 Å². The molecule has 0 aliphatic heterocycles. The Labute approximate surface area is 151 Å². The molecule has 1 aromatic heterocycles. The standard InChI is InChI=1S/C18H23FN4O3/c1-18(2,3)8-7-14(17(25)26)20-16(24)15-11-23(22-21-15)10-12-5-4-6-13(19)9-12/h4-6,9,11,14H,7-8,10H2,1-3H3,(H,20,24)(H,25,26). The fourth-order valence-electron chi connectivity index (χ4n) is 2.37. The van der Waals surface area contributed by atoms with Crippen molar-refractivity contribution in [2.75, 3.05) is 0 Å². The Bertz CT molecular complexity index is 783. The molecule has 1 atom stereocenters. The van der Waals surface area contributed by atoms with Crippen LogP contribution in [0, 0.1) is 11.2 Å². The van der Waals surface area contributed by atoms with Crippen molar-refractivity contribution in [3.05, 3.63) is 47.5 Å². The maximum absolute atomic E-state index is 13.2. The average Bonchev–Trinajstić information content (AvgIpc) is 2.98. The summed E-state index contributed by atoms with van der Waals surface area (Å²) in [5.41, 5.74) is 0.658. The summed E-state index contributed by atoms with van der Waals surface area (Å²) in [5, 5.41) is 19.4. The molecular weight excluding hydrogens is 339 g/mol. The molecule has 1 amide bonds. The Balaban J connectivity index is 2.00. The van der Waals surface area contributed by atoms with Crippen LogP contribution in [0.3, 0.4) is 0 Å². The van der Waals surface area contributed by atoms with Crippen molar-refractivity contribution in [3.63, 3.8) is 0 Å². The summed E-state index contributed by atoms with van der Waals surface area (Å²) in [6, 6.07) is 5.04. The molecule has 0 saturated carbocycles. The molecule has 2 N–H and O–H groups in total. The van der Waals surface area contributed by atoms with Gasteiger partial charge in [-0.1, -0.05) is 38.1 Å². The number of nitrogens with one attached hydrogen (secondary N) is 1. The minimum Gasteiger partial charge on any atom is -0.480 e. The van der Waals surface area contributed by atoms with Crippen LogP contribution >= 0.6 is 0 Å². The predicted octanol–water partition coefficient (Wildman–Crippen LogP) is 2.47. The first-order chi connectivity index (χ1) is 12.1. The molecule has 1 aromatic carbocycles. The van der Waals surface area contributed by atoms with Crippen molar-refractivity contribution in [2.45, 2.75) is 46.2 Å². The largest absolute Gasteiger partial charge is 0.480 e. The van der Waals surface area contributed by atoms with Gasteiger partial charge >= 0.3 is 5.97 Å². The highest BCUT2D eigenvalue weighted by Crippen LogP contribution is 2.21. The van der Waals surface area contributed by atoms with Gasteiger partial charge in [-0.2, -0.15) is 0 Å². The minimum atomic E-state index is -1.09. The minimum absolute atomic E-state index is 0.0170. The van der Waals surface area contributed by atoms with Gasteiger partial charge < -0.3 is 10.4 Å². The van der Waals surface area contributed by atoms with Crippen molar-refractivity contribution in [2.24, 2.45) is 5.41 Å². The van der Waals surface area contributed by atoms with Crippen LogP contribution in [-0.4, -0.2) is 38.0 Å². The van der Waals surface area contributed by atoms with E-state index in [1.807, 2.05) is 20.8 Å². The summed E-state index contributed by atoms with van der Waals surface area (Å²) in [5.74, 6) is -2.05. The quantitative estimate of drug-likeness (QED) is 0.789. The lowest BCUT2D eigenvalue weighted by atomic mass is 9.88. The number of amides is 1. The maximum atomic E-state index is 13.2. The van der Waals surface area contributed by atoms with Crippen LogP contribution in [0.15, 0.2) is 30.5 Å². The van der Waals surface area contributed by atoms with E-state index in [-0.39, 0.29) is 23.5 Å². The van der Waals surface area contributed by atoms with Gasteiger partial charge in [0.2, 0.25) is 0 Å². The summed E-state index contributed by atoms with van der Waals surface area (Å²) < 4.78 is 14.6. The van der Waals surface area contributed by atoms with E-state index in [1.165, 1.54) is 23.0 Å². The van der Waals surface area contributed by atoms with Crippen LogP contribution < -0.4 is 5.32 Å². The lowest BCUT2D eigenvalue weighted by Gasteiger charge is -2.21. The molecule has 2 rings (SSSR count). The Morgan fingerprint density at radius 1 is 1.35 bits per heavy atom. The van der Waals surface area contributed by atoms with E-state index >= 15 is 0 Å². The number of carboxylic acid groups (broad SMARTS) is 1. The summed E-state index contributed by atoms with van der Waals surface area (Å²) in [6.45, 7) is 6.27. The summed E-state index contributed by atoms with van der Waals surface area (Å²) in [7, 11) is 0. The van der Waals surface area contributed by atoms with E-state index in [0.29, 0.717) is 18.4 Å². The molecule has 140 valence electrons. The number of benzene rings is 1. The van der Waals surface area contributed by atoms with E-state index in [2.05, 4.69) is 15.6 Å². The summed E-state index contributed by atoms with van der Waals surface area (Å²) >= 11 is 0. The fraction of sp³-hybridized carbons (Fsp3) is 0.444. The van der Waals surface area contributed by atoms with Gasteiger partial charge in [0, 0.05) is 0 Å². The fourth-order valence-corrected chi connectivity index (χ4v) is 2.37. The van der Waals surface area contributed by atoms with E-state index < -0.39 is 17.9 Å². The van der Waals surface area contributed by atoms with Crippen LogP contribution in [0.1, 0.15) is 49.7 Å². The Kier molecular flexibility index (Phi) is 6.07. The first-order valence-electron chi connectivity index (χ1n) is 8.32. The van der Waals surface area contributed by atoms with Gasteiger partial charge in [-0.05, 0) is 36.0 Å². The zero-order chi connectivity index (χ0) is 19.3. The second-order valence-electron chi connectivity index (χ2n) is 7.39. The Hall–Kier alpha value is -2.77. The molecule has 0 bridgehead atoms. The van der Waals surface area contributed by atoms with Crippen LogP contribution in [0.25, 0.3) is 0 Å². The first-order valence-corrected chi connectivity index (χ1v) is 8.32. The highest BCUT2D eigenvalue weighted by Gasteiger charge is 2.24. The highest BCUT2D eigenvalue weighted by molar-refractivity contribution is 5.94. The first kappa shape index (κ1) is 19.6. The molecule has 0 aliphatic carbocycles. The monoisotopic (exact) mass is 362 g/mol. The molecule has 26 heavy (non-hydrogen) atoms. The zero-order valence-corrected chi connectivity index (χ0v) is 15.1. The van der Waals surface area contributed by atoms with E-state index in [1.54, 1.807) is 12.1 Å². The van der Waals surface area contributed by atoms with Gasteiger partial charge in [-0.3, -0.25) is 4.79 Å². The number of nitrogens with zero attached hydrogens (tertiary/aromatic N) is 3. The third-order valence-electron chi connectivity index (χ3n) is 3.79. The third-order valence-corrected chi connectivity index (χ3v) is 3.79. The normalized spacial score (nSPS) is 12.6.